The number of hydrogen-bond donors (Lipinski definition) is 1. The maximum atomic E-state index is 12.3. The molecular formula is C18H17N3O3. The summed E-state index contributed by atoms with van der Waals surface area (Å²) in [6.07, 6.45) is 1.68. The standard InChI is InChI=1S/C18H17N3O3/c1-23-15-10-6-7-13(11-15)17-16(18(22)20-24-2)12-21(19-17)14-8-4-3-5-9-14/h3-12H,1-2H3,(H,20,22). The van der Waals surface area contributed by atoms with Crippen LogP contribution < -0.4 is 10.2 Å². The Morgan fingerprint density at radius 2 is 1.88 bits per heavy atom. The highest BCUT2D eigenvalue weighted by Gasteiger charge is 2.19. The third-order valence-corrected chi connectivity index (χ3v) is 3.52. The number of carbonyl (C=O) groups is 1. The molecule has 6 heteroatoms. The molecule has 24 heavy (non-hydrogen) atoms. The second-order valence-corrected chi connectivity index (χ2v) is 5.04. The smallest absolute Gasteiger partial charge is 0.278 e. The van der Waals surface area contributed by atoms with E-state index >= 15 is 0 Å². The second kappa shape index (κ2) is 6.97. The Balaban J connectivity index is 2.12. The summed E-state index contributed by atoms with van der Waals surface area (Å²) in [6.45, 7) is 0. The van der Waals surface area contributed by atoms with Gasteiger partial charge in [-0.25, -0.2) is 10.2 Å². The van der Waals surface area contributed by atoms with E-state index in [1.165, 1.54) is 7.11 Å². The van der Waals surface area contributed by atoms with Gasteiger partial charge in [-0.3, -0.25) is 9.63 Å². The van der Waals surface area contributed by atoms with E-state index in [0.717, 1.165) is 11.3 Å². The highest BCUT2D eigenvalue weighted by molar-refractivity contribution is 5.99. The number of ether oxygens (including phenoxy) is 1. The van der Waals surface area contributed by atoms with Crippen LogP contribution in [-0.2, 0) is 4.84 Å². The predicted molar refractivity (Wildman–Crippen MR) is 90.0 cm³/mol. The van der Waals surface area contributed by atoms with Gasteiger partial charge in [0.25, 0.3) is 5.91 Å². The minimum absolute atomic E-state index is 0.363. The quantitative estimate of drug-likeness (QED) is 0.733. The summed E-state index contributed by atoms with van der Waals surface area (Å²) in [7, 11) is 2.99. The van der Waals surface area contributed by atoms with Crippen LogP contribution in [0.5, 0.6) is 5.75 Å². The van der Waals surface area contributed by atoms with Gasteiger partial charge in [0.2, 0.25) is 0 Å². The van der Waals surface area contributed by atoms with Crippen molar-refractivity contribution in [1.82, 2.24) is 15.3 Å². The van der Waals surface area contributed by atoms with Gasteiger partial charge in [-0.05, 0) is 24.3 Å². The maximum Gasteiger partial charge on any atom is 0.278 e. The summed E-state index contributed by atoms with van der Waals surface area (Å²) < 4.78 is 6.92. The number of rotatable bonds is 5. The Labute approximate surface area is 139 Å². The van der Waals surface area contributed by atoms with Crippen molar-refractivity contribution >= 4 is 5.91 Å². The fourth-order valence-electron chi connectivity index (χ4n) is 2.38. The van der Waals surface area contributed by atoms with Crippen molar-refractivity contribution in [2.45, 2.75) is 0 Å². The van der Waals surface area contributed by atoms with E-state index in [0.29, 0.717) is 17.0 Å². The third kappa shape index (κ3) is 3.13. The first-order valence-electron chi connectivity index (χ1n) is 7.36. The summed E-state index contributed by atoms with van der Waals surface area (Å²) in [5.41, 5.74) is 4.94. The van der Waals surface area contributed by atoms with Gasteiger partial charge in [-0.15, -0.1) is 0 Å². The molecule has 1 heterocycles. The molecule has 1 amide bonds. The van der Waals surface area contributed by atoms with Crippen molar-refractivity contribution in [2.24, 2.45) is 0 Å². The van der Waals surface area contributed by atoms with Crippen molar-refractivity contribution in [3.8, 4) is 22.7 Å². The van der Waals surface area contributed by atoms with Crippen LogP contribution in [-0.4, -0.2) is 29.9 Å². The largest absolute Gasteiger partial charge is 0.497 e. The van der Waals surface area contributed by atoms with Crippen LogP contribution in [0, 0.1) is 0 Å². The number of nitrogens with one attached hydrogen (secondary N) is 1. The molecule has 3 aromatic rings. The molecule has 3 rings (SSSR count). The highest BCUT2D eigenvalue weighted by atomic mass is 16.6. The van der Waals surface area contributed by atoms with Crippen LogP contribution >= 0.6 is 0 Å². The summed E-state index contributed by atoms with van der Waals surface area (Å²) in [6, 6.07) is 17.0. The van der Waals surface area contributed by atoms with Crippen LogP contribution in [0.3, 0.4) is 0 Å². The van der Waals surface area contributed by atoms with E-state index in [4.69, 9.17) is 9.57 Å². The minimum atomic E-state index is -0.363. The average Bonchev–Trinajstić information content (AvgIpc) is 3.08. The molecule has 0 aliphatic carbocycles. The molecule has 0 unspecified atom stereocenters. The molecule has 0 bridgehead atoms. The lowest BCUT2D eigenvalue weighted by Gasteiger charge is -2.05. The molecule has 6 nitrogen and oxygen atoms in total. The van der Waals surface area contributed by atoms with Crippen LogP contribution in [0.25, 0.3) is 16.9 Å². The normalized spacial score (nSPS) is 10.4. The number of methoxy groups -OCH3 is 1. The van der Waals surface area contributed by atoms with Gasteiger partial charge >= 0.3 is 0 Å². The van der Waals surface area contributed by atoms with Crippen molar-refractivity contribution in [1.29, 1.82) is 0 Å². The molecule has 0 aliphatic rings. The molecule has 0 radical (unpaired) electrons. The Hall–Kier alpha value is -3.12. The van der Waals surface area contributed by atoms with Gasteiger partial charge in [0.1, 0.15) is 11.4 Å². The van der Waals surface area contributed by atoms with E-state index in [-0.39, 0.29) is 5.91 Å². The van der Waals surface area contributed by atoms with E-state index in [2.05, 4.69) is 10.6 Å². The first-order valence-corrected chi connectivity index (χ1v) is 7.36. The number of para-hydroxylation sites is 1. The summed E-state index contributed by atoms with van der Waals surface area (Å²) in [4.78, 5) is 17.1. The Morgan fingerprint density at radius 1 is 1.08 bits per heavy atom. The second-order valence-electron chi connectivity index (χ2n) is 5.04. The molecule has 0 fully saturated rings. The Kier molecular flexibility index (Phi) is 4.58. The average molecular weight is 323 g/mol. The number of carbonyl (C=O) groups excluding carboxylic acids is 1. The summed E-state index contributed by atoms with van der Waals surface area (Å²) >= 11 is 0. The zero-order valence-electron chi connectivity index (χ0n) is 13.4. The van der Waals surface area contributed by atoms with Crippen LogP contribution in [0.15, 0.2) is 60.8 Å². The fraction of sp³-hybridized carbons (Fsp3) is 0.111. The molecule has 1 aromatic heterocycles. The lowest BCUT2D eigenvalue weighted by molar-refractivity contribution is 0.0538. The van der Waals surface area contributed by atoms with Crippen LogP contribution in [0.4, 0.5) is 0 Å². The minimum Gasteiger partial charge on any atom is -0.497 e. The summed E-state index contributed by atoms with van der Waals surface area (Å²) in [5.74, 6) is 0.331. The molecule has 1 N–H and O–H groups in total. The van der Waals surface area contributed by atoms with Crippen molar-refractivity contribution in [2.75, 3.05) is 14.2 Å². The third-order valence-electron chi connectivity index (χ3n) is 3.52. The monoisotopic (exact) mass is 323 g/mol. The number of nitrogens with zero attached hydrogens (tertiary/aromatic N) is 2. The first kappa shape index (κ1) is 15.8. The SMILES string of the molecule is CONC(=O)c1cn(-c2ccccc2)nc1-c1cccc(OC)c1. The first-order chi connectivity index (χ1) is 11.7. The molecule has 0 saturated heterocycles. The zero-order valence-corrected chi connectivity index (χ0v) is 13.4. The molecule has 2 aromatic carbocycles. The van der Waals surface area contributed by atoms with Crippen LogP contribution in [0.1, 0.15) is 10.4 Å². The predicted octanol–water partition coefficient (Wildman–Crippen LogP) is 2.84. The maximum absolute atomic E-state index is 12.3. The highest BCUT2D eigenvalue weighted by Crippen LogP contribution is 2.26. The number of amides is 1. The number of hydrogen-bond acceptors (Lipinski definition) is 4. The van der Waals surface area contributed by atoms with Crippen molar-refractivity contribution < 1.29 is 14.4 Å². The van der Waals surface area contributed by atoms with Crippen molar-refractivity contribution in [3.63, 3.8) is 0 Å². The molecular weight excluding hydrogens is 306 g/mol. The van der Waals surface area contributed by atoms with E-state index in [1.807, 2.05) is 54.6 Å². The van der Waals surface area contributed by atoms with Gasteiger partial charge < -0.3 is 4.74 Å². The molecule has 122 valence electrons. The topological polar surface area (TPSA) is 65.4 Å². The number of benzene rings is 2. The van der Waals surface area contributed by atoms with E-state index in [1.54, 1.807) is 18.0 Å². The van der Waals surface area contributed by atoms with Crippen molar-refractivity contribution in [3.05, 3.63) is 66.4 Å². The molecule has 0 atom stereocenters. The van der Waals surface area contributed by atoms with Gasteiger partial charge in [0.15, 0.2) is 0 Å². The van der Waals surface area contributed by atoms with Gasteiger partial charge in [-0.2, -0.15) is 5.10 Å². The van der Waals surface area contributed by atoms with E-state index < -0.39 is 0 Å². The Morgan fingerprint density at radius 3 is 2.58 bits per heavy atom. The fourth-order valence-corrected chi connectivity index (χ4v) is 2.38. The zero-order chi connectivity index (χ0) is 16.9. The lowest BCUT2D eigenvalue weighted by atomic mass is 10.1. The molecule has 0 saturated carbocycles. The summed E-state index contributed by atoms with van der Waals surface area (Å²) in [5, 5.41) is 4.57. The number of hydroxylamine groups is 1. The Bertz CT molecular complexity index is 844. The van der Waals surface area contributed by atoms with E-state index in [9.17, 15) is 4.79 Å². The lowest BCUT2D eigenvalue weighted by Crippen LogP contribution is -2.21. The molecule has 0 spiro atoms. The number of aromatic nitrogens is 2. The van der Waals surface area contributed by atoms with Gasteiger partial charge in [0.05, 0.1) is 25.5 Å². The van der Waals surface area contributed by atoms with Gasteiger partial charge in [-0.1, -0.05) is 30.3 Å². The molecule has 0 aliphatic heterocycles. The van der Waals surface area contributed by atoms with Crippen LogP contribution in [0.2, 0.25) is 0 Å². The van der Waals surface area contributed by atoms with Gasteiger partial charge in [0, 0.05) is 11.8 Å².